The number of carboxylic acids is 1. The number of urea groups is 1. The second-order valence-electron chi connectivity index (χ2n) is 5.05. The molecular formula is C16H22N2O3. The quantitative estimate of drug-likeness (QED) is 0.791. The fourth-order valence-electron chi connectivity index (χ4n) is 1.84. The first-order valence-electron chi connectivity index (χ1n) is 6.88. The molecule has 0 atom stereocenters. The van der Waals surface area contributed by atoms with Crippen LogP contribution in [0.1, 0.15) is 25.8 Å². The number of carbonyl (C=O) groups excluding carboxylic acids is 1. The van der Waals surface area contributed by atoms with E-state index in [9.17, 15) is 9.59 Å². The number of carbonyl (C=O) groups is 2. The van der Waals surface area contributed by atoms with Gasteiger partial charge in [-0.25, -0.2) is 4.79 Å². The third-order valence-corrected chi connectivity index (χ3v) is 2.96. The summed E-state index contributed by atoms with van der Waals surface area (Å²) in [4.78, 5) is 24.5. The van der Waals surface area contributed by atoms with E-state index in [0.717, 1.165) is 16.8 Å². The second kappa shape index (κ2) is 8.09. The van der Waals surface area contributed by atoms with E-state index in [1.165, 1.54) is 4.90 Å². The van der Waals surface area contributed by atoms with Crippen molar-refractivity contribution < 1.29 is 14.7 Å². The molecule has 2 N–H and O–H groups in total. The number of hydrogen-bond acceptors (Lipinski definition) is 2. The van der Waals surface area contributed by atoms with Crippen LogP contribution in [0.25, 0.3) is 0 Å². The number of rotatable bonds is 6. The minimum atomic E-state index is -0.925. The van der Waals surface area contributed by atoms with Crippen LogP contribution in [0.5, 0.6) is 0 Å². The van der Waals surface area contributed by atoms with Crippen LogP contribution in [-0.4, -0.2) is 30.2 Å². The molecule has 21 heavy (non-hydrogen) atoms. The molecule has 0 aliphatic rings. The third-order valence-electron chi connectivity index (χ3n) is 2.96. The zero-order valence-electron chi connectivity index (χ0n) is 12.7. The molecule has 0 saturated heterocycles. The zero-order valence-corrected chi connectivity index (χ0v) is 12.7. The number of hydrogen-bond donors (Lipinski definition) is 2. The average molecular weight is 290 g/mol. The van der Waals surface area contributed by atoms with E-state index in [1.54, 1.807) is 0 Å². The highest BCUT2D eigenvalue weighted by Crippen LogP contribution is 2.19. The predicted molar refractivity (Wildman–Crippen MR) is 83.6 cm³/mol. The van der Waals surface area contributed by atoms with Crippen LogP contribution in [0.15, 0.2) is 35.9 Å². The van der Waals surface area contributed by atoms with Crippen LogP contribution in [-0.2, 0) is 4.79 Å². The van der Waals surface area contributed by atoms with Gasteiger partial charge >= 0.3 is 12.0 Å². The lowest BCUT2D eigenvalue weighted by molar-refractivity contribution is -0.136. The Kier molecular flexibility index (Phi) is 6.46. The SMILES string of the molecule is CC(C)=CCNC(=O)N(CCC(=O)O)c1ccccc1C. The molecule has 0 aliphatic heterocycles. The van der Waals surface area contributed by atoms with Crippen molar-refractivity contribution >= 4 is 17.7 Å². The van der Waals surface area contributed by atoms with Gasteiger partial charge < -0.3 is 10.4 Å². The van der Waals surface area contributed by atoms with Gasteiger partial charge in [-0.15, -0.1) is 0 Å². The maximum absolute atomic E-state index is 12.3. The lowest BCUT2D eigenvalue weighted by Gasteiger charge is -2.24. The number of amides is 2. The molecule has 1 aromatic rings. The van der Waals surface area contributed by atoms with E-state index < -0.39 is 5.97 Å². The Hall–Kier alpha value is -2.30. The van der Waals surface area contributed by atoms with Crippen LogP contribution in [0.3, 0.4) is 0 Å². The summed E-state index contributed by atoms with van der Waals surface area (Å²) in [7, 11) is 0. The fraction of sp³-hybridized carbons (Fsp3) is 0.375. The van der Waals surface area contributed by atoms with E-state index in [2.05, 4.69) is 5.32 Å². The van der Waals surface area contributed by atoms with E-state index in [1.807, 2.05) is 51.1 Å². The molecule has 5 heteroatoms. The minimum Gasteiger partial charge on any atom is -0.481 e. The Balaban J connectivity index is 2.86. The zero-order chi connectivity index (χ0) is 15.8. The van der Waals surface area contributed by atoms with Crippen molar-refractivity contribution in [3.05, 3.63) is 41.5 Å². The van der Waals surface area contributed by atoms with Gasteiger partial charge in [0.2, 0.25) is 0 Å². The number of para-hydroxylation sites is 1. The van der Waals surface area contributed by atoms with Gasteiger partial charge in [0.1, 0.15) is 0 Å². The molecule has 1 aromatic carbocycles. The molecule has 0 radical (unpaired) electrons. The van der Waals surface area contributed by atoms with Crippen molar-refractivity contribution in [1.82, 2.24) is 5.32 Å². The van der Waals surface area contributed by atoms with Crippen LogP contribution < -0.4 is 10.2 Å². The summed E-state index contributed by atoms with van der Waals surface area (Å²) >= 11 is 0. The summed E-state index contributed by atoms with van der Waals surface area (Å²) in [6, 6.07) is 7.14. The van der Waals surface area contributed by atoms with E-state index >= 15 is 0 Å². The molecule has 0 heterocycles. The number of benzene rings is 1. The van der Waals surface area contributed by atoms with Gasteiger partial charge in [0.05, 0.1) is 6.42 Å². The van der Waals surface area contributed by atoms with Crippen molar-refractivity contribution in [3.8, 4) is 0 Å². The van der Waals surface area contributed by atoms with Crippen LogP contribution in [0.2, 0.25) is 0 Å². The van der Waals surface area contributed by atoms with Crippen molar-refractivity contribution in [2.75, 3.05) is 18.0 Å². The van der Waals surface area contributed by atoms with Crippen LogP contribution in [0.4, 0.5) is 10.5 Å². The number of anilines is 1. The highest BCUT2D eigenvalue weighted by Gasteiger charge is 2.17. The fourth-order valence-corrected chi connectivity index (χ4v) is 1.84. The summed E-state index contributed by atoms with van der Waals surface area (Å²) in [5.41, 5.74) is 2.77. The average Bonchev–Trinajstić information content (AvgIpc) is 2.40. The van der Waals surface area contributed by atoms with Gasteiger partial charge in [-0.05, 0) is 32.4 Å². The van der Waals surface area contributed by atoms with E-state index in [0.29, 0.717) is 6.54 Å². The summed E-state index contributed by atoms with van der Waals surface area (Å²) in [6.45, 7) is 6.37. The Morgan fingerprint density at radius 2 is 1.95 bits per heavy atom. The van der Waals surface area contributed by atoms with Gasteiger partial charge in [-0.3, -0.25) is 9.69 Å². The molecule has 0 spiro atoms. The van der Waals surface area contributed by atoms with Crippen molar-refractivity contribution in [2.45, 2.75) is 27.2 Å². The van der Waals surface area contributed by atoms with E-state index in [-0.39, 0.29) is 19.0 Å². The van der Waals surface area contributed by atoms with Gasteiger partial charge in [-0.1, -0.05) is 29.8 Å². The van der Waals surface area contributed by atoms with Crippen molar-refractivity contribution in [2.24, 2.45) is 0 Å². The summed E-state index contributed by atoms with van der Waals surface area (Å²) < 4.78 is 0. The first kappa shape index (κ1) is 16.8. The standard InChI is InChI=1S/C16H22N2O3/c1-12(2)8-10-17-16(21)18(11-9-15(19)20)14-7-5-4-6-13(14)3/h4-8H,9-11H2,1-3H3,(H,17,21)(H,19,20). The second-order valence-corrected chi connectivity index (χ2v) is 5.05. The summed E-state index contributed by atoms with van der Waals surface area (Å²) in [5.74, 6) is -0.925. The first-order chi connectivity index (χ1) is 9.91. The number of nitrogens with zero attached hydrogens (tertiary/aromatic N) is 1. The van der Waals surface area contributed by atoms with Crippen LogP contribution in [0, 0.1) is 6.92 Å². The summed E-state index contributed by atoms with van der Waals surface area (Å²) in [5, 5.41) is 11.6. The van der Waals surface area contributed by atoms with Gasteiger partial charge in [0.25, 0.3) is 0 Å². The monoisotopic (exact) mass is 290 g/mol. The van der Waals surface area contributed by atoms with Crippen molar-refractivity contribution in [3.63, 3.8) is 0 Å². The highest BCUT2D eigenvalue weighted by atomic mass is 16.4. The molecule has 0 fully saturated rings. The van der Waals surface area contributed by atoms with Gasteiger partial charge in [0, 0.05) is 18.8 Å². The number of carboxylic acid groups (broad SMARTS) is 1. The Bertz CT molecular complexity index is 534. The molecular weight excluding hydrogens is 268 g/mol. The molecule has 0 saturated carbocycles. The number of allylic oxidation sites excluding steroid dienone is 1. The first-order valence-corrected chi connectivity index (χ1v) is 6.88. The smallest absolute Gasteiger partial charge is 0.322 e. The maximum Gasteiger partial charge on any atom is 0.322 e. The molecule has 1 rings (SSSR count). The Morgan fingerprint density at radius 1 is 1.29 bits per heavy atom. The number of aryl methyl sites for hydroxylation is 1. The Morgan fingerprint density at radius 3 is 2.52 bits per heavy atom. The molecule has 0 unspecified atom stereocenters. The maximum atomic E-state index is 12.3. The Labute approximate surface area is 125 Å². The largest absolute Gasteiger partial charge is 0.481 e. The summed E-state index contributed by atoms with van der Waals surface area (Å²) in [6.07, 6.45) is 1.82. The van der Waals surface area contributed by atoms with E-state index in [4.69, 9.17) is 5.11 Å². The van der Waals surface area contributed by atoms with Crippen molar-refractivity contribution in [1.29, 1.82) is 0 Å². The molecule has 0 aromatic heterocycles. The molecule has 114 valence electrons. The molecule has 0 bridgehead atoms. The van der Waals surface area contributed by atoms with Gasteiger partial charge in [0.15, 0.2) is 0 Å². The lowest BCUT2D eigenvalue weighted by atomic mass is 10.2. The normalized spacial score (nSPS) is 9.86. The highest BCUT2D eigenvalue weighted by molar-refractivity contribution is 5.93. The van der Waals surface area contributed by atoms with Gasteiger partial charge in [-0.2, -0.15) is 0 Å². The topological polar surface area (TPSA) is 69.6 Å². The molecule has 2 amide bonds. The molecule has 0 aliphatic carbocycles. The predicted octanol–water partition coefficient (Wildman–Crippen LogP) is 2.95. The number of aliphatic carboxylic acids is 1. The lowest BCUT2D eigenvalue weighted by Crippen LogP contribution is -2.41. The third kappa shape index (κ3) is 5.69. The van der Waals surface area contributed by atoms with Crippen LogP contribution >= 0.6 is 0 Å². The number of nitrogens with one attached hydrogen (secondary N) is 1. The minimum absolute atomic E-state index is 0.0929. The molecule has 5 nitrogen and oxygen atoms in total.